The van der Waals surface area contributed by atoms with Gasteiger partial charge in [0.15, 0.2) is 6.29 Å². The minimum atomic E-state index is -1.45. The zero-order chi connectivity index (χ0) is 32.0. The van der Waals surface area contributed by atoms with Crippen molar-refractivity contribution in [1.29, 1.82) is 0 Å². The molecule has 4 N–H and O–H groups in total. The lowest BCUT2D eigenvalue weighted by atomic mass is 9.40. The number of ether oxygens (including phenoxy) is 3. The molecule has 13 atom stereocenters. The van der Waals surface area contributed by atoms with Gasteiger partial charge in [-0.25, -0.2) is 4.79 Å². The first kappa shape index (κ1) is 32.6. The number of allylic oxidation sites excluding steroid dienone is 1. The van der Waals surface area contributed by atoms with E-state index in [9.17, 15) is 25.2 Å². The molecule has 0 aromatic heterocycles. The standard InChI is InChI=1S/C36H56O8/c1-19(2)24-10-8-20(31(41)42-24)21-12-16-36(7)23-9-11-26-33(3,4)27(14-15-34(26,5)22(23)13-17-35(21,36)6)44-32-30(40)29(39)28(38)25(18-37)43-32/h8,11,19,21-25,27-30,32,37-40H,9-10,12-18H2,1-7H3/t21-,22+,23-,24-,25-,27+,28-,29+,30-,32+,34-,35-,36+/m1/s1. The van der Waals surface area contributed by atoms with Crippen LogP contribution in [-0.4, -0.2) is 75.9 Å². The van der Waals surface area contributed by atoms with Crippen molar-refractivity contribution in [3.05, 3.63) is 23.3 Å². The van der Waals surface area contributed by atoms with Gasteiger partial charge in [-0.1, -0.05) is 66.2 Å². The molecule has 2 aliphatic heterocycles. The number of aliphatic hydroxyl groups is 4. The predicted octanol–water partition coefficient (Wildman–Crippen LogP) is 4.67. The zero-order valence-electron chi connectivity index (χ0n) is 27.8. The fourth-order valence-corrected chi connectivity index (χ4v) is 11.1. The Balaban J connectivity index is 1.24. The smallest absolute Gasteiger partial charge is 0.334 e. The summed E-state index contributed by atoms with van der Waals surface area (Å²) in [6.07, 6.45) is 6.01. The van der Waals surface area contributed by atoms with Crippen molar-refractivity contribution >= 4 is 5.97 Å². The number of hydrogen-bond donors (Lipinski definition) is 4. The van der Waals surface area contributed by atoms with Gasteiger partial charge in [0.05, 0.1) is 12.7 Å². The third kappa shape index (κ3) is 4.63. The number of esters is 1. The van der Waals surface area contributed by atoms with Gasteiger partial charge in [0.1, 0.15) is 30.5 Å². The van der Waals surface area contributed by atoms with E-state index in [1.165, 1.54) is 5.57 Å². The number of rotatable bonds is 5. The van der Waals surface area contributed by atoms with Crippen molar-refractivity contribution in [2.45, 2.75) is 143 Å². The van der Waals surface area contributed by atoms with Crippen LogP contribution in [0, 0.1) is 45.3 Å². The highest BCUT2D eigenvalue weighted by Crippen LogP contribution is 2.73. The van der Waals surface area contributed by atoms with Crippen LogP contribution in [0.3, 0.4) is 0 Å². The summed E-state index contributed by atoms with van der Waals surface area (Å²) in [5.74, 6) is 1.53. The van der Waals surface area contributed by atoms with Gasteiger partial charge in [-0.2, -0.15) is 0 Å². The largest absolute Gasteiger partial charge is 0.458 e. The highest BCUT2D eigenvalue weighted by atomic mass is 16.7. The van der Waals surface area contributed by atoms with Crippen molar-refractivity contribution in [2.75, 3.05) is 6.61 Å². The minimum absolute atomic E-state index is 0.0115. The summed E-state index contributed by atoms with van der Waals surface area (Å²) in [6.45, 7) is 15.6. The van der Waals surface area contributed by atoms with E-state index in [1.54, 1.807) is 0 Å². The van der Waals surface area contributed by atoms with E-state index < -0.39 is 37.3 Å². The van der Waals surface area contributed by atoms with Crippen molar-refractivity contribution < 1.29 is 39.4 Å². The first-order chi connectivity index (χ1) is 20.6. The van der Waals surface area contributed by atoms with Crippen molar-refractivity contribution in [3.63, 3.8) is 0 Å². The van der Waals surface area contributed by atoms with Gasteiger partial charge in [-0.05, 0) is 84.9 Å². The molecule has 4 aliphatic carbocycles. The van der Waals surface area contributed by atoms with E-state index in [0.717, 1.165) is 56.9 Å². The highest BCUT2D eigenvalue weighted by Gasteiger charge is 2.67. The summed E-state index contributed by atoms with van der Waals surface area (Å²) in [5, 5.41) is 40.9. The number of cyclic esters (lactones) is 1. The first-order valence-corrected chi connectivity index (χ1v) is 17.2. The summed E-state index contributed by atoms with van der Waals surface area (Å²) < 4.78 is 18.1. The molecular formula is C36H56O8. The van der Waals surface area contributed by atoms with Crippen molar-refractivity contribution in [1.82, 2.24) is 0 Å². The van der Waals surface area contributed by atoms with Crippen LogP contribution in [0.2, 0.25) is 0 Å². The lowest BCUT2D eigenvalue weighted by molar-refractivity contribution is -0.320. The molecule has 248 valence electrons. The Kier molecular flexibility index (Phi) is 8.28. The van der Waals surface area contributed by atoms with Crippen LogP contribution in [0.5, 0.6) is 0 Å². The number of fused-ring (bicyclic) bond motifs is 5. The molecule has 4 fully saturated rings. The van der Waals surface area contributed by atoms with Crippen LogP contribution in [0.4, 0.5) is 0 Å². The molecule has 3 saturated carbocycles. The van der Waals surface area contributed by atoms with Crippen LogP contribution < -0.4 is 0 Å². The molecule has 0 aromatic carbocycles. The Labute approximate surface area is 263 Å². The SMILES string of the molecule is CC(C)[C@H]1CC=C([C@H]2CC[C@@]3(C)[C@@H]4CC=C5C(C)(C)[C@@H](O[C@@H]6O[C@H](CO)[C@@H](O)[C@H](O)[C@H]6O)CC[C@]5(C)[C@H]4CC[C@]23C)C(=O)O1. The van der Waals surface area contributed by atoms with Crippen LogP contribution in [0.15, 0.2) is 23.3 Å². The third-order valence-corrected chi connectivity index (χ3v) is 14.1. The van der Waals surface area contributed by atoms with Gasteiger partial charge in [0, 0.05) is 17.4 Å². The van der Waals surface area contributed by atoms with E-state index >= 15 is 0 Å². The molecule has 8 heteroatoms. The van der Waals surface area contributed by atoms with E-state index in [-0.39, 0.29) is 45.8 Å². The topological polar surface area (TPSA) is 126 Å². The Hall–Kier alpha value is -1.29. The van der Waals surface area contributed by atoms with E-state index in [2.05, 4.69) is 60.6 Å². The molecule has 0 aromatic rings. The second-order valence-electron chi connectivity index (χ2n) is 16.6. The van der Waals surface area contributed by atoms with E-state index in [1.807, 2.05) is 0 Å². The summed E-state index contributed by atoms with van der Waals surface area (Å²) >= 11 is 0. The molecule has 0 unspecified atom stereocenters. The first-order valence-electron chi connectivity index (χ1n) is 17.2. The van der Waals surface area contributed by atoms with Gasteiger partial charge < -0.3 is 34.6 Å². The van der Waals surface area contributed by atoms with E-state index in [0.29, 0.717) is 17.8 Å². The Bertz CT molecular complexity index is 1190. The number of carbonyl (C=O) groups is 1. The molecule has 1 saturated heterocycles. The Morgan fingerprint density at radius 1 is 0.886 bits per heavy atom. The number of aliphatic hydroxyl groups excluding tert-OH is 4. The number of hydrogen-bond acceptors (Lipinski definition) is 8. The third-order valence-electron chi connectivity index (χ3n) is 14.1. The van der Waals surface area contributed by atoms with Gasteiger partial charge >= 0.3 is 5.97 Å². The summed E-state index contributed by atoms with van der Waals surface area (Å²) in [5.41, 5.74) is 2.18. The Morgan fingerprint density at radius 2 is 1.59 bits per heavy atom. The second kappa shape index (κ2) is 11.2. The highest BCUT2D eigenvalue weighted by molar-refractivity contribution is 5.90. The molecule has 0 bridgehead atoms. The lowest BCUT2D eigenvalue weighted by Crippen LogP contribution is -2.61. The minimum Gasteiger partial charge on any atom is -0.458 e. The molecule has 0 amide bonds. The van der Waals surface area contributed by atoms with Gasteiger partial charge in [-0.15, -0.1) is 0 Å². The molecule has 2 heterocycles. The summed E-state index contributed by atoms with van der Waals surface area (Å²) in [6, 6.07) is 0. The molecule has 6 rings (SSSR count). The average molecular weight is 617 g/mol. The molecule has 44 heavy (non-hydrogen) atoms. The fourth-order valence-electron chi connectivity index (χ4n) is 11.1. The van der Waals surface area contributed by atoms with Gasteiger partial charge in [0.25, 0.3) is 0 Å². The molecular weight excluding hydrogens is 560 g/mol. The quantitative estimate of drug-likeness (QED) is 0.259. The second-order valence-corrected chi connectivity index (χ2v) is 16.6. The van der Waals surface area contributed by atoms with Crippen LogP contribution in [0.1, 0.15) is 99.8 Å². The maximum atomic E-state index is 13.3. The van der Waals surface area contributed by atoms with Gasteiger partial charge in [0.2, 0.25) is 0 Å². The monoisotopic (exact) mass is 616 g/mol. The van der Waals surface area contributed by atoms with Crippen molar-refractivity contribution in [2.24, 2.45) is 45.3 Å². The zero-order valence-corrected chi connectivity index (χ0v) is 27.8. The fraction of sp³-hybridized carbons (Fsp3) is 0.861. The van der Waals surface area contributed by atoms with Crippen molar-refractivity contribution in [3.8, 4) is 0 Å². The van der Waals surface area contributed by atoms with Crippen LogP contribution in [-0.2, 0) is 19.0 Å². The molecule has 0 radical (unpaired) electrons. The lowest BCUT2D eigenvalue weighted by Gasteiger charge is -2.64. The maximum Gasteiger partial charge on any atom is 0.334 e. The summed E-state index contributed by atoms with van der Waals surface area (Å²) in [7, 11) is 0. The average Bonchev–Trinajstić information content (AvgIpc) is 3.25. The predicted molar refractivity (Wildman–Crippen MR) is 165 cm³/mol. The number of carbonyl (C=O) groups excluding carboxylic acids is 1. The normalized spacial score (nSPS) is 50.2. The Morgan fingerprint density at radius 3 is 2.25 bits per heavy atom. The maximum absolute atomic E-state index is 13.3. The molecule has 0 spiro atoms. The summed E-state index contributed by atoms with van der Waals surface area (Å²) in [4.78, 5) is 13.3. The van der Waals surface area contributed by atoms with E-state index in [4.69, 9.17) is 14.2 Å². The molecule has 8 nitrogen and oxygen atoms in total. The van der Waals surface area contributed by atoms with Crippen LogP contribution >= 0.6 is 0 Å². The van der Waals surface area contributed by atoms with Crippen LogP contribution in [0.25, 0.3) is 0 Å². The molecule has 6 aliphatic rings. The van der Waals surface area contributed by atoms with Gasteiger partial charge in [-0.3, -0.25) is 0 Å².